The summed E-state index contributed by atoms with van der Waals surface area (Å²) < 4.78 is 7.34. The lowest BCUT2D eigenvalue weighted by molar-refractivity contribution is -0.135. The van der Waals surface area contributed by atoms with Crippen molar-refractivity contribution in [3.63, 3.8) is 0 Å². The van der Waals surface area contributed by atoms with Crippen LogP contribution in [0.2, 0.25) is 5.02 Å². The molecule has 5 rings (SSSR count). The van der Waals surface area contributed by atoms with Crippen molar-refractivity contribution in [3.8, 4) is 0 Å². The van der Waals surface area contributed by atoms with Crippen LogP contribution in [0.25, 0.3) is 16.6 Å². The SMILES string of the molecule is CC[C@@H](C(=O)N1CCN(c2nc3cc(Cl)ccc3c3nnc(COC)n23)C[C@@H]1C)c1ccccc1. The van der Waals surface area contributed by atoms with E-state index in [0.717, 1.165) is 34.5 Å². The second kappa shape index (κ2) is 9.79. The van der Waals surface area contributed by atoms with E-state index in [4.69, 9.17) is 21.3 Å². The number of amides is 1. The number of hydrogen-bond acceptors (Lipinski definition) is 6. The molecule has 182 valence electrons. The Balaban J connectivity index is 1.47. The normalized spacial score (nSPS) is 17.3. The second-order valence-corrected chi connectivity index (χ2v) is 9.42. The number of methoxy groups -OCH3 is 1. The van der Waals surface area contributed by atoms with Crippen LogP contribution in [0.1, 0.15) is 37.6 Å². The number of halogens is 1. The van der Waals surface area contributed by atoms with E-state index in [1.165, 1.54) is 0 Å². The molecular formula is C26H29ClN6O2. The van der Waals surface area contributed by atoms with Gasteiger partial charge < -0.3 is 14.5 Å². The topological polar surface area (TPSA) is 75.9 Å². The van der Waals surface area contributed by atoms with Gasteiger partial charge >= 0.3 is 0 Å². The third-order valence-corrected chi connectivity index (χ3v) is 6.96. The van der Waals surface area contributed by atoms with Crippen LogP contribution in [0.5, 0.6) is 0 Å². The molecule has 1 fully saturated rings. The van der Waals surface area contributed by atoms with Crippen molar-refractivity contribution < 1.29 is 9.53 Å². The first-order valence-electron chi connectivity index (χ1n) is 11.9. The highest BCUT2D eigenvalue weighted by Gasteiger charge is 2.33. The van der Waals surface area contributed by atoms with Crippen LogP contribution in [0.15, 0.2) is 48.5 Å². The van der Waals surface area contributed by atoms with Crippen molar-refractivity contribution in [2.45, 2.75) is 38.8 Å². The van der Waals surface area contributed by atoms with Crippen molar-refractivity contribution in [2.24, 2.45) is 0 Å². The van der Waals surface area contributed by atoms with Crippen molar-refractivity contribution in [2.75, 3.05) is 31.6 Å². The molecule has 35 heavy (non-hydrogen) atoms. The van der Waals surface area contributed by atoms with Crippen LogP contribution in [0, 0.1) is 0 Å². The lowest BCUT2D eigenvalue weighted by Crippen LogP contribution is -2.55. The summed E-state index contributed by atoms with van der Waals surface area (Å²) in [6.07, 6.45) is 0.768. The Bertz CT molecular complexity index is 1360. The van der Waals surface area contributed by atoms with E-state index >= 15 is 0 Å². The molecule has 2 aromatic carbocycles. The molecule has 9 heteroatoms. The zero-order valence-corrected chi connectivity index (χ0v) is 20.9. The summed E-state index contributed by atoms with van der Waals surface area (Å²) in [5.41, 5.74) is 2.55. The third-order valence-electron chi connectivity index (χ3n) is 6.73. The molecule has 2 atom stereocenters. The van der Waals surface area contributed by atoms with E-state index in [9.17, 15) is 4.79 Å². The Morgan fingerprint density at radius 2 is 1.97 bits per heavy atom. The maximum atomic E-state index is 13.5. The zero-order valence-electron chi connectivity index (χ0n) is 20.2. The van der Waals surface area contributed by atoms with Crippen LogP contribution in [-0.4, -0.2) is 63.2 Å². The Labute approximate surface area is 209 Å². The first kappa shape index (κ1) is 23.5. The monoisotopic (exact) mass is 492 g/mol. The number of benzene rings is 2. The minimum Gasteiger partial charge on any atom is -0.377 e. The first-order valence-corrected chi connectivity index (χ1v) is 12.3. The van der Waals surface area contributed by atoms with Gasteiger partial charge in [-0.2, -0.15) is 0 Å². The molecule has 1 aliphatic rings. The zero-order chi connectivity index (χ0) is 24.5. The summed E-state index contributed by atoms with van der Waals surface area (Å²) in [5, 5.41) is 10.3. The highest BCUT2D eigenvalue weighted by Crippen LogP contribution is 2.29. The number of hydrogen-bond donors (Lipinski definition) is 0. The van der Waals surface area contributed by atoms with Gasteiger partial charge in [0.05, 0.1) is 11.4 Å². The fourth-order valence-corrected chi connectivity index (χ4v) is 5.15. The summed E-state index contributed by atoms with van der Waals surface area (Å²) in [7, 11) is 1.64. The van der Waals surface area contributed by atoms with Gasteiger partial charge in [0.1, 0.15) is 6.61 Å². The van der Waals surface area contributed by atoms with Crippen molar-refractivity contribution in [3.05, 3.63) is 64.9 Å². The molecule has 1 saturated heterocycles. The predicted molar refractivity (Wildman–Crippen MR) is 137 cm³/mol. The molecule has 0 radical (unpaired) electrons. The van der Waals surface area contributed by atoms with Crippen LogP contribution in [-0.2, 0) is 16.1 Å². The van der Waals surface area contributed by atoms with Crippen LogP contribution in [0.4, 0.5) is 5.95 Å². The lowest BCUT2D eigenvalue weighted by atomic mass is 9.94. The molecule has 0 bridgehead atoms. The minimum absolute atomic E-state index is 0.0169. The minimum atomic E-state index is -0.135. The number of anilines is 1. The fraction of sp³-hybridized carbons (Fsp3) is 0.385. The van der Waals surface area contributed by atoms with Crippen LogP contribution < -0.4 is 4.90 Å². The van der Waals surface area contributed by atoms with E-state index in [1.807, 2.05) is 57.8 Å². The molecule has 1 aliphatic heterocycles. The van der Waals surface area contributed by atoms with Gasteiger partial charge in [0, 0.05) is 43.2 Å². The van der Waals surface area contributed by atoms with Gasteiger partial charge in [-0.1, -0.05) is 48.9 Å². The van der Waals surface area contributed by atoms with Gasteiger partial charge in [0.15, 0.2) is 11.5 Å². The molecule has 4 aromatic rings. The smallest absolute Gasteiger partial charge is 0.230 e. The molecule has 0 N–H and O–H groups in total. The molecule has 2 aromatic heterocycles. The number of rotatable bonds is 6. The van der Waals surface area contributed by atoms with E-state index < -0.39 is 0 Å². The molecule has 8 nitrogen and oxygen atoms in total. The average Bonchev–Trinajstić information content (AvgIpc) is 3.28. The Morgan fingerprint density at radius 3 is 2.69 bits per heavy atom. The molecular weight excluding hydrogens is 464 g/mol. The van der Waals surface area contributed by atoms with Crippen molar-refractivity contribution in [1.29, 1.82) is 0 Å². The van der Waals surface area contributed by atoms with Crippen LogP contribution in [0.3, 0.4) is 0 Å². The first-order chi connectivity index (χ1) is 17.0. The summed E-state index contributed by atoms with van der Waals surface area (Å²) in [5.74, 6) is 1.46. The molecule has 0 aliphatic carbocycles. The third kappa shape index (κ3) is 4.32. The Hall–Kier alpha value is -3.23. The molecule has 1 amide bonds. The predicted octanol–water partition coefficient (Wildman–Crippen LogP) is 4.31. The van der Waals surface area contributed by atoms with Crippen molar-refractivity contribution in [1.82, 2.24) is 24.5 Å². The van der Waals surface area contributed by atoms with Gasteiger partial charge in [-0.15, -0.1) is 10.2 Å². The van der Waals surface area contributed by atoms with Gasteiger partial charge in [0.25, 0.3) is 0 Å². The van der Waals surface area contributed by atoms with E-state index in [-0.39, 0.29) is 17.9 Å². The quantitative estimate of drug-likeness (QED) is 0.399. The molecule has 0 saturated carbocycles. The maximum Gasteiger partial charge on any atom is 0.230 e. The summed E-state index contributed by atoms with van der Waals surface area (Å²) in [6.45, 7) is 6.40. The number of piperazine rings is 1. The summed E-state index contributed by atoms with van der Waals surface area (Å²) >= 11 is 6.27. The fourth-order valence-electron chi connectivity index (χ4n) is 4.99. The van der Waals surface area contributed by atoms with E-state index in [0.29, 0.717) is 37.1 Å². The number of aromatic nitrogens is 4. The molecule has 0 spiro atoms. The van der Waals surface area contributed by atoms with Crippen molar-refractivity contribution >= 4 is 40.0 Å². The number of carbonyl (C=O) groups is 1. The second-order valence-electron chi connectivity index (χ2n) is 8.98. The standard InChI is InChI=1S/C26H29ClN6O2/c1-4-20(18-8-6-5-7-9-18)25(34)32-13-12-31(15-17(32)2)26-28-22-14-19(27)10-11-21(22)24-30-29-23(16-35-3)33(24)26/h5-11,14,17,20H,4,12-13,15-16H2,1-3H3/t17-,20+/m0/s1. The summed E-state index contributed by atoms with van der Waals surface area (Å²) in [6, 6.07) is 15.7. The van der Waals surface area contributed by atoms with Gasteiger partial charge in [-0.05, 0) is 37.1 Å². The van der Waals surface area contributed by atoms with Crippen LogP contribution >= 0.6 is 11.6 Å². The van der Waals surface area contributed by atoms with E-state index in [1.54, 1.807) is 7.11 Å². The lowest BCUT2D eigenvalue weighted by Gasteiger charge is -2.41. The van der Waals surface area contributed by atoms with Gasteiger partial charge in [0.2, 0.25) is 11.9 Å². The highest BCUT2D eigenvalue weighted by molar-refractivity contribution is 6.31. The largest absolute Gasteiger partial charge is 0.377 e. The molecule has 0 unspecified atom stereocenters. The average molecular weight is 493 g/mol. The molecule has 3 heterocycles. The van der Waals surface area contributed by atoms with Gasteiger partial charge in [-0.3, -0.25) is 4.79 Å². The number of nitrogens with zero attached hydrogens (tertiary/aromatic N) is 6. The van der Waals surface area contributed by atoms with Gasteiger partial charge in [-0.25, -0.2) is 9.38 Å². The number of carbonyl (C=O) groups excluding carboxylic acids is 1. The number of fused-ring (bicyclic) bond motifs is 3. The summed E-state index contributed by atoms with van der Waals surface area (Å²) in [4.78, 5) is 22.7. The van der Waals surface area contributed by atoms with E-state index in [2.05, 4.69) is 28.9 Å². The Kier molecular flexibility index (Phi) is 6.58. The Morgan fingerprint density at radius 1 is 1.17 bits per heavy atom. The highest BCUT2D eigenvalue weighted by atomic mass is 35.5. The maximum absolute atomic E-state index is 13.5. The number of ether oxygens (including phenoxy) is 1.